The summed E-state index contributed by atoms with van der Waals surface area (Å²) in [6, 6.07) is 6.90. The van der Waals surface area contributed by atoms with Crippen LogP contribution in [0.4, 0.5) is 19.1 Å². The number of carbonyl (C=O) groups excluding carboxylic acids is 1. The van der Waals surface area contributed by atoms with Crippen LogP contribution in [0.3, 0.4) is 0 Å². The molecule has 5 nitrogen and oxygen atoms in total. The van der Waals surface area contributed by atoms with Gasteiger partial charge in [-0.1, -0.05) is 12.1 Å². The van der Waals surface area contributed by atoms with Gasteiger partial charge in [0.25, 0.3) is 5.91 Å². The number of amides is 1. The Morgan fingerprint density at radius 3 is 2.60 bits per heavy atom. The van der Waals surface area contributed by atoms with Crippen molar-refractivity contribution in [3.8, 4) is 0 Å². The van der Waals surface area contributed by atoms with E-state index < -0.39 is 23.7 Å². The average molecular weight is 282 g/mol. The van der Waals surface area contributed by atoms with Gasteiger partial charge in [-0.2, -0.15) is 23.3 Å². The van der Waals surface area contributed by atoms with Crippen molar-refractivity contribution in [3.05, 3.63) is 24.3 Å². The number of imidazole rings is 1. The summed E-state index contributed by atoms with van der Waals surface area (Å²) in [7, 11) is 0. The number of aromatic amines is 1. The third kappa shape index (κ3) is 1.84. The molecule has 0 radical (unpaired) electrons. The van der Waals surface area contributed by atoms with Gasteiger partial charge in [0.1, 0.15) is 0 Å². The van der Waals surface area contributed by atoms with Crippen molar-refractivity contribution in [1.82, 2.24) is 9.97 Å². The Kier molecular flexibility index (Phi) is 2.56. The fraction of sp³-hybridized carbons (Fsp3) is 0.250. The van der Waals surface area contributed by atoms with E-state index in [4.69, 9.17) is 0 Å². The standard InChI is InChI=1S/C12H9F3N4O/c1-6-9(12(13,14)15)18-19(10(6)20)11-16-7-4-2-3-5-8(7)17-11/h2-6H,1H3,(H,16,17). The minimum Gasteiger partial charge on any atom is -0.322 e. The van der Waals surface area contributed by atoms with Gasteiger partial charge in [0.2, 0.25) is 5.95 Å². The van der Waals surface area contributed by atoms with Gasteiger partial charge < -0.3 is 4.98 Å². The first-order chi connectivity index (χ1) is 9.38. The Morgan fingerprint density at radius 1 is 1.30 bits per heavy atom. The summed E-state index contributed by atoms with van der Waals surface area (Å²) in [5.41, 5.74) is 0.0696. The molecule has 20 heavy (non-hydrogen) atoms. The second-order valence-corrected chi connectivity index (χ2v) is 4.43. The number of alkyl halides is 3. The summed E-state index contributed by atoms with van der Waals surface area (Å²) in [4.78, 5) is 18.7. The zero-order valence-electron chi connectivity index (χ0n) is 10.3. The number of halogens is 3. The van der Waals surface area contributed by atoms with E-state index in [0.717, 1.165) is 0 Å². The van der Waals surface area contributed by atoms with Crippen molar-refractivity contribution in [2.75, 3.05) is 5.01 Å². The molecule has 0 bridgehead atoms. The Morgan fingerprint density at radius 2 is 2.00 bits per heavy atom. The molecule has 1 aromatic carbocycles. The maximum atomic E-state index is 12.7. The summed E-state index contributed by atoms with van der Waals surface area (Å²) < 4.78 is 38.2. The molecule has 8 heteroatoms. The summed E-state index contributed by atoms with van der Waals surface area (Å²) >= 11 is 0. The number of anilines is 1. The normalized spacial score (nSPS) is 19.8. The third-order valence-corrected chi connectivity index (χ3v) is 3.07. The van der Waals surface area contributed by atoms with Gasteiger partial charge in [0, 0.05) is 0 Å². The lowest BCUT2D eigenvalue weighted by atomic mass is 10.1. The van der Waals surface area contributed by atoms with E-state index in [-0.39, 0.29) is 5.95 Å². The minimum absolute atomic E-state index is 0.0118. The van der Waals surface area contributed by atoms with E-state index in [1.165, 1.54) is 6.92 Å². The lowest BCUT2D eigenvalue weighted by Gasteiger charge is -2.08. The van der Waals surface area contributed by atoms with Gasteiger partial charge in [-0.15, -0.1) is 0 Å². The summed E-state index contributed by atoms with van der Waals surface area (Å²) in [6.45, 7) is 1.18. The van der Waals surface area contributed by atoms with Crippen LogP contribution in [0, 0.1) is 5.92 Å². The van der Waals surface area contributed by atoms with E-state index in [2.05, 4.69) is 15.1 Å². The van der Waals surface area contributed by atoms with E-state index in [9.17, 15) is 18.0 Å². The molecule has 1 aliphatic heterocycles. The van der Waals surface area contributed by atoms with Gasteiger partial charge >= 0.3 is 6.18 Å². The van der Waals surface area contributed by atoms with Crippen molar-refractivity contribution in [2.45, 2.75) is 13.1 Å². The summed E-state index contributed by atoms with van der Waals surface area (Å²) in [6.07, 6.45) is -4.63. The first-order valence-corrected chi connectivity index (χ1v) is 5.82. The average Bonchev–Trinajstić information content (AvgIpc) is 2.91. The topological polar surface area (TPSA) is 61.4 Å². The van der Waals surface area contributed by atoms with Crippen molar-refractivity contribution < 1.29 is 18.0 Å². The van der Waals surface area contributed by atoms with Crippen LogP contribution in [-0.2, 0) is 4.79 Å². The number of para-hydroxylation sites is 2. The number of hydrogen-bond acceptors (Lipinski definition) is 3. The molecule has 1 aliphatic rings. The van der Waals surface area contributed by atoms with Gasteiger partial charge in [0.15, 0.2) is 5.71 Å². The first kappa shape index (κ1) is 12.6. The molecule has 2 heterocycles. The molecule has 0 saturated heterocycles. The number of aromatic nitrogens is 2. The predicted molar refractivity (Wildman–Crippen MR) is 66.2 cm³/mol. The zero-order valence-corrected chi connectivity index (χ0v) is 10.3. The molecule has 0 fully saturated rings. The number of hydrazone groups is 1. The van der Waals surface area contributed by atoms with Gasteiger partial charge in [-0.3, -0.25) is 4.79 Å². The second-order valence-electron chi connectivity index (χ2n) is 4.43. The highest BCUT2D eigenvalue weighted by atomic mass is 19.4. The number of nitrogens with one attached hydrogen (secondary N) is 1. The van der Waals surface area contributed by atoms with Crippen molar-refractivity contribution >= 4 is 28.6 Å². The monoisotopic (exact) mass is 282 g/mol. The molecular formula is C12H9F3N4O. The quantitative estimate of drug-likeness (QED) is 0.873. The van der Waals surface area contributed by atoms with Crippen molar-refractivity contribution in [1.29, 1.82) is 0 Å². The third-order valence-electron chi connectivity index (χ3n) is 3.07. The van der Waals surface area contributed by atoms with E-state index in [0.29, 0.717) is 16.0 Å². The minimum atomic E-state index is -4.63. The fourth-order valence-electron chi connectivity index (χ4n) is 2.04. The molecule has 1 N–H and O–H groups in total. The van der Waals surface area contributed by atoms with Crippen LogP contribution >= 0.6 is 0 Å². The molecule has 1 aromatic heterocycles. The molecule has 0 aliphatic carbocycles. The van der Waals surface area contributed by atoms with E-state index >= 15 is 0 Å². The highest BCUT2D eigenvalue weighted by molar-refractivity contribution is 6.16. The summed E-state index contributed by atoms with van der Waals surface area (Å²) in [5, 5.41) is 4.04. The van der Waals surface area contributed by atoms with Gasteiger partial charge in [0.05, 0.1) is 17.0 Å². The number of hydrogen-bond donors (Lipinski definition) is 1. The Labute approximate surface area is 111 Å². The largest absolute Gasteiger partial charge is 0.432 e. The highest BCUT2D eigenvalue weighted by Crippen LogP contribution is 2.31. The molecular weight excluding hydrogens is 273 g/mol. The molecule has 3 rings (SSSR count). The van der Waals surface area contributed by atoms with Crippen LogP contribution in [0.2, 0.25) is 0 Å². The maximum Gasteiger partial charge on any atom is 0.432 e. The number of rotatable bonds is 1. The highest BCUT2D eigenvalue weighted by Gasteiger charge is 2.48. The summed E-state index contributed by atoms with van der Waals surface area (Å²) in [5.74, 6) is -2.10. The smallest absolute Gasteiger partial charge is 0.322 e. The first-order valence-electron chi connectivity index (χ1n) is 5.82. The van der Waals surface area contributed by atoms with Gasteiger partial charge in [-0.25, -0.2) is 4.98 Å². The van der Waals surface area contributed by atoms with Crippen LogP contribution in [0.15, 0.2) is 29.4 Å². The van der Waals surface area contributed by atoms with Crippen LogP contribution in [0.25, 0.3) is 11.0 Å². The fourth-order valence-corrected chi connectivity index (χ4v) is 2.04. The molecule has 1 amide bonds. The SMILES string of the molecule is CC1C(=O)N(c2nc3ccccc3[nH]2)N=C1C(F)(F)F. The zero-order chi connectivity index (χ0) is 14.5. The number of carbonyl (C=O) groups is 1. The van der Waals surface area contributed by atoms with E-state index in [1.807, 2.05) is 0 Å². The molecule has 2 aromatic rings. The predicted octanol–water partition coefficient (Wildman–Crippen LogP) is 2.46. The second kappa shape index (κ2) is 4.06. The number of nitrogens with zero attached hydrogens (tertiary/aromatic N) is 3. The number of fused-ring (bicyclic) bond motifs is 1. The van der Waals surface area contributed by atoms with Gasteiger partial charge in [-0.05, 0) is 19.1 Å². The Hall–Kier alpha value is -2.38. The molecule has 0 spiro atoms. The van der Waals surface area contributed by atoms with Crippen molar-refractivity contribution in [2.24, 2.45) is 11.0 Å². The number of H-pyrrole nitrogens is 1. The molecule has 104 valence electrons. The number of benzene rings is 1. The van der Waals surface area contributed by atoms with E-state index in [1.54, 1.807) is 24.3 Å². The lowest BCUT2D eigenvalue weighted by molar-refractivity contribution is -0.120. The molecule has 1 unspecified atom stereocenters. The van der Waals surface area contributed by atoms with Crippen LogP contribution in [0.1, 0.15) is 6.92 Å². The van der Waals surface area contributed by atoms with Crippen LogP contribution in [0.5, 0.6) is 0 Å². The van der Waals surface area contributed by atoms with Crippen LogP contribution in [-0.4, -0.2) is 27.8 Å². The van der Waals surface area contributed by atoms with Crippen molar-refractivity contribution in [3.63, 3.8) is 0 Å². The molecule has 0 saturated carbocycles. The lowest BCUT2D eigenvalue weighted by Crippen LogP contribution is -2.31. The Bertz CT molecular complexity index is 686. The Balaban J connectivity index is 2.05. The maximum absolute atomic E-state index is 12.7. The van der Waals surface area contributed by atoms with Crippen LogP contribution < -0.4 is 5.01 Å². The molecule has 1 atom stereocenters.